The van der Waals surface area contributed by atoms with Crippen molar-refractivity contribution in [2.45, 2.75) is 19.3 Å². The van der Waals surface area contributed by atoms with E-state index in [0.717, 1.165) is 19.6 Å². The summed E-state index contributed by atoms with van der Waals surface area (Å²) in [4.78, 5) is 2.12. The first-order valence-electron chi connectivity index (χ1n) is 7.36. The number of aliphatic hydroxyl groups is 2. The summed E-state index contributed by atoms with van der Waals surface area (Å²) in [5, 5.41) is 21.8. The quantitative estimate of drug-likeness (QED) is 0.594. The zero-order valence-corrected chi connectivity index (χ0v) is 12.7. The molecule has 0 saturated carbocycles. The molecule has 114 valence electrons. The van der Waals surface area contributed by atoms with Crippen LogP contribution in [0, 0.1) is 0 Å². The van der Waals surface area contributed by atoms with Crippen LogP contribution in [0.25, 0.3) is 0 Å². The molecule has 0 aliphatic heterocycles. The molecule has 4 heteroatoms. The Morgan fingerprint density at radius 3 is 2.20 bits per heavy atom. The number of rotatable bonds is 10. The van der Waals surface area contributed by atoms with Gasteiger partial charge in [-0.25, -0.2) is 0 Å². The molecule has 1 aromatic carbocycles. The highest BCUT2D eigenvalue weighted by atomic mass is 16.3. The van der Waals surface area contributed by atoms with Crippen LogP contribution in [0.1, 0.15) is 19.4 Å². The van der Waals surface area contributed by atoms with Crippen molar-refractivity contribution in [3.63, 3.8) is 0 Å². The van der Waals surface area contributed by atoms with Gasteiger partial charge in [0.2, 0.25) is 0 Å². The fraction of sp³-hybridized carbons (Fsp3) is 0.625. The van der Waals surface area contributed by atoms with Crippen molar-refractivity contribution in [2.75, 3.05) is 45.9 Å². The summed E-state index contributed by atoms with van der Waals surface area (Å²) in [6.07, 6.45) is 0. The van der Waals surface area contributed by atoms with Crippen molar-refractivity contribution in [1.29, 1.82) is 0 Å². The number of likely N-dealkylation sites (N-methyl/N-ethyl adjacent to an activating group) is 1. The van der Waals surface area contributed by atoms with Crippen LogP contribution in [0.3, 0.4) is 0 Å². The molecule has 1 rings (SSSR count). The first kappa shape index (κ1) is 17.1. The highest BCUT2D eigenvalue weighted by Crippen LogP contribution is 2.24. The van der Waals surface area contributed by atoms with E-state index in [1.54, 1.807) is 0 Å². The van der Waals surface area contributed by atoms with E-state index in [1.165, 1.54) is 5.56 Å². The molecule has 0 aromatic heterocycles. The Hall–Kier alpha value is -0.940. The lowest BCUT2D eigenvalue weighted by Crippen LogP contribution is -2.47. The van der Waals surface area contributed by atoms with Crippen molar-refractivity contribution in [3.05, 3.63) is 35.9 Å². The summed E-state index contributed by atoms with van der Waals surface area (Å²) in [6, 6.07) is 10.4. The summed E-state index contributed by atoms with van der Waals surface area (Å²) in [5.41, 5.74) is 1.24. The molecule has 0 aliphatic rings. The maximum Gasteiger partial charge on any atom is 0.0558 e. The van der Waals surface area contributed by atoms with Gasteiger partial charge in [-0.3, -0.25) is 4.90 Å². The van der Waals surface area contributed by atoms with E-state index in [4.69, 9.17) is 10.2 Å². The molecule has 0 amide bonds. The summed E-state index contributed by atoms with van der Waals surface area (Å²) >= 11 is 0. The van der Waals surface area contributed by atoms with Crippen LogP contribution in [-0.2, 0) is 5.41 Å². The van der Waals surface area contributed by atoms with E-state index in [2.05, 4.69) is 48.3 Å². The number of nitrogens with zero attached hydrogens (tertiary/aromatic N) is 1. The molecule has 0 saturated heterocycles. The molecule has 0 heterocycles. The lowest BCUT2D eigenvalue weighted by Gasteiger charge is -2.36. The van der Waals surface area contributed by atoms with Gasteiger partial charge in [-0.1, -0.05) is 44.2 Å². The Balaban J connectivity index is 2.86. The van der Waals surface area contributed by atoms with E-state index < -0.39 is 0 Å². The number of hydrogen-bond acceptors (Lipinski definition) is 4. The summed E-state index contributed by atoms with van der Waals surface area (Å²) in [6.45, 7) is 8.37. The van der Waals surface area contributed by atoms with Gasteiger partial charge >= 0.3 is 0 Å². The smallest absolute Gasteiger partial charge is 0.0558 e. The van der Waals surface area contributed by atoms with Crippen LogP contribution in [0.2, 0.25) is 0 Å². The topological polar surface area (TPSA) is 55.7 Å². The highest BCUT2D eigenvalue weighted by molar-refractivity contribution is 5.25. The number of nitrogens with one attached hydrogen (secondary N) is 1. The second kappa shape index (κ2) is 9.08. The van der Waals surface area contributed by atoms with Gasteiger partial charge in [0.25, 0.3) is 0 Å². The molecule has 1 aromatic rings. The predicted octanol–water partition coefficient (Wildman–Crippen LogP) is 0.840. The molecule has 0 fully saturated rings. The third kappa shape index (κ3) is 5.21. The normalized spacial score (nSPS) is 14.4. The molecule has 20 heavy (non-hydrogen) atoms. The lowest BCUT2D eigenvalue weighted by atomic mass is 9.81. The Morgan fingerprint density at radius 1 is 1.10 bits per heavy atom. The minimum absolute atomic E-state index is 0.0401. The molecule has 4 nitrogen and oxygen atoms in total. The van der Waals surface area contributed by atoms with Crippen molar-refractivity contribution in [2.24, 2.45) is 0 Å². The largest absolute Gasteiger partial charge is 0.395 e. The number of hydrogen-bond donors (Lipinski definition) is 3. The Bertz CT molecular complexity index is 353. The van der Waals surface area contributed by atoms with Gasteiger partial charge in [0.1, 0.15) is 0 Å². The SMILES string of the molecule is CCNCC(C)(CN(CCO)CCO)c1ccccc1. The molecular formula is C16H28N2O2. The van der Waals surface area contributed by atoms with Gasteiger partial charge in [0.15, 0.2) is 0 Å². The fourth-order valence-electron chi connectivity index (χ4n) is 2.54. The monoisotopic (exact) mass is 280 g/mol. The molecule has 0 bridgehead atoms. The van der Waals surface area contributed by atoms with Gasteiger partial charge in [-0.05, 0) is 12.1 Å². The van der Waals surface area contributed by atoms with Crippen LogP contribution >= 0.6 is 0 Å². The molecule has 0 spiro atoms. The van der Waals surface area contributed by atoms with E-state index in [1.807, 2.05) is 6.07 Å². The zero-order chi connectivity index (χ0) is 14.8. The van der Waals surface area contributed by atoms with Crippen molar-refractivity contribution in [3.8, 4) is 0 Å². The average Bonchev–Trinajstić information content (AvgIpc) is 2.47. The summed E-state index contributed by atoms with van der Waals surface area (Å²) < 4.78 is 0. The second-order valence-electron chi connectivity index (χ2n) is 5.43. The van der Waals surface area contributed by atoms with E-state index >= 15 is 0 Å². The van der Waals surface area contributed by atoms with Crippen LogP contribution in [-0.4, -0.2) is 61.1 Å². The minimum Gasteiger partial charge on any atom is -0.395 e. The first-order chi connectivity index (χ1) is 9.66. The maximum absolute atomic E-state index is 9.17. The molecule has 0 aliphatic carbocycles. The molecular weight excluding hydrogens is 252 g/mol. The summed E-state index contributed by atoms with van der Waals surface area (Å²) in [7, 11) is 0. The average molecular weight is 280 g/mol. The molecule has 1 unspecified atom stereocenters. The Kier molecular flexibility index (Phi) is 7.77. The fourth-order valence-corrected chi connectivity index (χ4v) is 2.54. The van der Waals surface area contributed by atoms with Gasteiger partial charge in [-0.2, -0.15) is 0 Å². The molecule has 1 atom stereocenters. The van der Waals surface area contributed by atoms with E-state index in [9.17, 15) is 0 Å². The third-order valence-electron chi connectivity index (χ3n) is 3.64. The van der Waals surface area contributed by atoms with Crippen molar-refractivity contribution in [1.82, 2.24) is 10.2 Å². The van der Waals surface area contributed by atoms with Crippen molar-refractivity contribution >= 4 is 0 Å². The van der Waals surface area contributed by atoms with Crippen LogP contribution in [0.5, 0.6) is 0 Å². The Labute approximate surface area is 122 Å². The third-order valence-corrected chi connectivity index (χ3v) is 3.64. The highest BCUT2D eigenvalue weighted by Gasteiger charge is 2.28. The lowest BCUT2D eigenvalue weighted by molar-refractivity contribution is 0.137. The van der Waals surface area contributed by atoms with Gasteiger partial charge in [0.05, 0.1) is 13.2 Å². The molecule has 3 N–H and O–H groups in total. The van der Waals surface area contributed by atoms with Crippen LogP contribution < -0.4 is 5.32 Å². The van der Waals surface area contributed by atoms with E-state index in [0.29, 0.717) is 13.1 Å². The van der Waals surface area contributed by atoms with Crippen molar-refractivity contribution < 1.29 is 10.2 Å². The summed E-state index contributed by atoms with van der Waals surface area (Å²) in [5.74, 6) is 0. The van der Waals surface area contributed by atoms with Crippen LogP contribution in [0.15, 0.2) is 30.3 Å². The molecule has 0 radical (unpaired) electrons. The minimum atomic E-state index is -0.0401. The number of benzene rings is 1. The van der Waals surface area contributed by atoms with Gasteiger partial charge < -0.3 is 15.5 Å². The van der Waals surface area contributed by atoms with Gasteiger partial charge in [-0.15, -0.1) is 0 Å². The Morgan fingerprint density at radius 2 is 1.70 bits per heavy atom. The standard InChI is InChI=1S/C16H28N2O2/c1-3-17-13-16(2,15-7-5-4-6-8-15)14-18(9-11-19)10-12-20/h4-8,17,19-20H,3,9-14H2,1-2H3. The zero-order valence-electron chi connectivity index (χ0n) is 12.7. The van der Waals surface area contributed by atoms with Gasteiger partial charge in [0, 0.05) is 31.6 Å². The first-order valence-corrected chi connectivity index (χ1v) is 7.36. The number of aliphatic hydroxyl groups excluding tert-OH is 2. The van der Waals surface area contributed by atoms with E-state index in [-0.39, 0.29) is 18.6 Å². The van der Waals surface area contributed by atoms with Crippen LogP contribution in [0.4, 0.5) is 0 Å². The predicted molar refractivity (Wildman–Crippen MR) is 82.9 cm³/mol. The second-order valence-corrected chi connectivity index (χ2v) is 5.43. The maximum atomic E-state index is 9.17.